The summed E-state index contributed by atoms with van der Waals surface area (Å²) in [6.45, 7) is 3.82. The number of rotatable bonds is 10. The minimum atomic E-state index is -0.186. The number of hydrogen-bond donors (Lipinski definition) is 1. The summed E-state index contributed by atoms with van der Waals surface area (Å²) in [4.78, 5) is 17.4. The fraction of sp³-hybridized carbons (Fsp3) is 0.231. The highest BCUT2D eigenvalue weighted by Crippen LogP contribution is 2.26. The van der Waals surface area contributed by atoms with Gasteiger partial charge >= 0.3 is 0 Å². The molecule has 0 spiro atoms. The van der Waals surface area contributed by atoms with Crippen LogP contribution in [0.5, 0.6) is 17.2 Å². The number of fused-ring (bicyclic) bond motifs is 1. The van der Waals surface area contributed by atoms with E-state index in [0.717, 1.165) is 22.6 Å². The first-order valence-corrected chi connectivity index (χ1v) is 10.9. The number of carbonyl (C=O) groups is 1. The van der Waals surface area contributed by atoms with Crippen LogP contribution in [0.15, 0.2) is 72.8 Å². The molecule has 1 aromatic heterocycles. The SMILES string of the molecule is CCOc1ccccc1OCCn1c(CNC(=O)c2cccc(OC)c2)nc2ccccc21. The second-order valence-corrected chi connectivity index (χ2v) is 7.31. The zero-order valence-corrected chi connectivity index (χ0v) is 18.8. The van der Waals surface area contributed by atoms with E-state index in [-0.39, 0.29) is 5.91 Å². The second-order valence-electron chi connectivity index (χ2n) is 7.31. The number of carbonyl (C=O) groups excluding carboxylic acids is 1. The number of para-hydroxylation sites is 4. The molecule has 3 aromatic carbocycles. The summed E-state index contributed by atoms with van der Waals surface area (Å²) in [5, 5.41) is 2.96. The van der Waals surface area contributed by atoms with E-state index in [1.165, 1.54) is 0 Å². The molecule has 1 N–H and O–H groups in total. The molecule has 0 radical (unpaired) electrons. The Balaban J connectivity index is 1.48. The predicted octanol–water partition coefficient (Wildman–Crippen LogP) is 4.45. The summed E-state index contributed by atoms with van der Waals surface area (Å²) in [5.41, 5.74) is 2.40. The van der Waals surface area contributed by atoms with Crippen LogP contribution < -0.4 is 19.5 Å². The molecule has 7 nitrogen and oxygen atoms in total. The molecule has 1 amide bonds. The van der Waals surface area contributed by atoms with Crippen molar-refractivity contribution in [3.8, 4) is 17.2 Å². The highest BCUT2D eigenvalue weighted by Gasteiger charge is 2.13. The van der Waals surface area contributed by atoms with Gasteiger partial charge in [-0.1, -0.05) is 30.3 Å². The number of ether oxygens (including phenoxy) is 3. The lowest BCUT2D eigenvalue weighted by atomic mass is 10.2. The van der Waals surface area contributed by atoms with Crippen LogP contribution in [0.2, 0.25) is 0 Å². The molecule has 4 aromatic rings. The molecular formula is C26H27N3O4. The van der Waals surface area contributed by atoms with Crippen molar-refractivity contribution >= 4 is 16.9 Å². The van der Waals surface area contributed by atoms with Crippen molar-refractivity contribution in [2.24, 2.45) is 0 Å². The third-order valence-electron chi connectivity index (χ3n) is 5.19. The summed E-state index contributed by atoms with van der Waals surface area (Å²) in [7, 11) is 1.58. The second kappa shape index (κ2) is 10.5. The average Bonchev–Trinajstić information content (AvgIpc) is 3.21. The lowest BCUT2D eigenvalue weighted by Gasteiger charge is -2.14. The standard InChI is InChI=1S/C26H27N3O4/c1-3-32-23-13-6-7-14-24(23)33-16-15-29-22-12-5-4-11-21(22)28-25(29)18-27-26(30)19-9-8-10-20(17-19)31-2/h4-14,17H,3,15-16,18H2,1-2H3,(H,27,30). The van der Waals surface area contributed by atoms with Crippen molar-refractivity contribution in [2.75, 3.05) is 20.3 Å². The van der Waals surface area contributed by atoms with Gasteiger partial charge in [0.1, 0.15) is 18.2 Å². The van der Waals surface area contributed by atoms with Gasteiger partial charge in [-0.3, -0.25) is 4.79 Å². The highest BCUT2D eigenvalue weighted by atomic mass is 16.5. The van der Waals surface area contributed by atoms with Crippen LogP contribution in [-0.2, 0) is 13.1 Å². The van der Waals surface area contributed by atoms with Crippen LogP contribution in [0, 0.1) is 0 Å². The topological polar surface area (TPSA) is 74.6 Å². The summed E-state index contributed by atoms with van der Waals surface area (Å²) < 4.78 is 18.9. The molecule has 4 rings (SSSR count). The molecule has 0 aliphatic rings. The van der Waals surface area contributed by atoms with Crippen molar-refractivity contribution in [1.29, 1.82) is 0 Å². The minimum Gasteiger partial charge on any atom is -0.497 e. The normalized spacial score (nSPS) is 10.7. The molecule has 7 heteroatoms. The molecule has 0 saturated carbocycles. The van der Waals surface area contributed by atoms with E-state index in [0.29, 0.717) is 43.4 Å². The maximum atomic E-state index is 12.7. The number of imidazole rings is 1. The Morgan fingerprint density at radius 3 is 2.52 bits per heavy atom. The molecule has 0 saturated heterocycles. The van der Waals surface area contributed by atoms with Crippen LogP contribution in [0.4, 0.5) is 0 Å². The maximum absolute atomic E-state index is 12.7. The minimum absolute atomic E-state index is 0.186. The van der Waals surface area contributed by atoms with E-state index in [1.807, 2.05) is 55.5 Å². The molecule has 0 unspecified atom stereocenters. The Hall–Kier alpha value is -4.00. The van der Waals surface area contributed by atoms with Gasteiger partial charge in [0.05, 0.1) is 37.8 Å². The fourth-order valence-corrected chi connectivity index (χ4v) is 3.63. The van der Waals surface area contributed by atoms with Gasteiger partial charge in [-0.15, -0.1) is 0 Å². The summed E-state index contributed by atoms with van der Waals surface area (Å²) >= 11 is 0. The Morgan fingerprint density at radius 2 is 1.73 bits per heavy atom. The van der Waals surface area contributed by atoms with Crippen LogP contribution in [-0.4, -0.2) is 35.8 Å². The van der Waals surface area contributed by atoms with Crippen molar-refractivity contribution in [3.63, 3.8) is 0 Å². The molecule has 1 heterocycles. The van der Waals surface area contributed by atoms with Gasteiger partial charge in [0.25, 0.3) is 5.91 Å². The van der Waals surface area contributed by atoms with Crippen LogP contribution in [0.1, 0.15) is 23.1 Å². The first-order chi connectivity index (χ1) is 16.2. The molecule has 0 bridgehead atoms. The predicted molar refractivity (Wildman–Crippen MR) is 127 cm³/mol. The Bertz CT molecular complexity index is 1240. The van der Waals surface area contributed by atoms with Gasteiger partial charge in [-0.05, 0) is 49.4 Å². The third kappa shape index (κ3) is 5.26. The summed E-state index contributed by atoms with van der Waals surface area (Å²) in [6, 6.07) is 22.6. The quantitative estimate of drug-likeness (QED) is 0.390. The lowest BCUT2D eigenvalue weighted by Crippen LogP contribution is -2.25. The molecule has 0 fully saturated rings. The van der Waals surface area contributed by atoms with Gasteiger partial charge in [-0.25, -0.2) is 4.98 Å². The number of amides is 1. The maximum Gasteiger partial charge on any atom is 0.251 e. The molecule has 170 valence electrons. The summed E-state index contributed by atoms with van der Waals surface area (Å²) in [5.74, 6) is 2.64. The number of benzene rings is 3. The Labute approximate surface area is 192 Å². The first kappa shape index (κ1) is 22.2. The van der Waals surface area contributed by atoms with E-state index in [2.05, 4.69) is 9.88 Å². The molecular weight excluding hydrogens is 418 g/mol. The Kier molecular flexibility index (Phi) is 7.09. The number of methoxy groups -OCH3 is 1. The molecule has 0 aliphatic carbocycles. The van der Waals surface area contributed by atoms with Gasteiger partial charge in [0.15, 0.2) is 11.5 Å². The van der Waals surface area contributed by atoms with Crippen LogP contribution in [0.3, 0.4) is 0 Å². The number of aromatic nitrogens is 2. The average molecular weight is 446 g/mol. The monoisotopic (exact) mass is 445 g/mol. The number of nitrogens with zero attached hydrogens (tertiary/aromatic N) is 2. The zero-order valence-electron chi connectivity index (χ0n) is 18.8. The molecule has 33 heavy (non-hydrogen) atoms. The number of nitrogens with one attached hydrogen (secondary N) is 1. The van der Waals surface area contributed by atoms with Gasteiger partial charge in [-0.2, -0.15) is 0 Å². The summed E-state index contributed by atoms with van der Waals surface area (Å²) in [6.07, 6.45) is 0. The van der Waals surface area contributed by atoms with Crippen molar-refractivity contribution < 1.29 is 19.0 Å². The zero-order chi connectivity index (χ0) is 23.0. The fourth-order valence-electron chi connectivity index (χ4n) is 3.63. The largest absolute Gasteiger partial charge is 0.497 e. The van der Waals surface area contributed by atoms with E-state index < -0.39 is 0 Å². The first-order valence-electron chi connectivity index (χ1n) is 10.9. The van der Waals surface area contributed by atoms with E-state index in [4.69, 9.17) is 19.2 Å². The van der Waals surface area contributed by atoms with E-state index in [1.54, 1.807) is 31.4 Å². The van der Waals surface area contributed by atoms with E-state index >= 15 is 0 Å². The van der Waals surface area contributed by atoms with E-state index in [9.17, 15) is 4.79 Å². The van der Waals surface area contributed by atoms with Crippen molar-refractivity contribution in [1.82, 2.24) is 14.9 Å². The third-order valence-corrected chi connectivity index (χ3v) is 5.19. The van der Waals surface area contributed by atoms with Crippen LogP contribution in [0.25, 0.3) is 11.0 Å². The Morgan fingerprint density at radius 1 is 0.970 bits per heavy atom. The number of hydrogen-bond acceptors (Lipinski definition) is 5. The van der Waals surface area contributed by atoms with Gasteiger partial charge < -0.3 is 24.1 Å². The lowest BCUT2D eigenvalue weighted by molar-refractivity contribution is 0.0949. The molecule has 0 atom stereocenters. The van der Waals surface area contributed by atoms with Gasteiger partial charge in [0.2, 0.25) is 0 Å². The highest BCUT2D eigenvalue weighted by molar-refractivity contribution is 5.94. The van der Waals surface area contributed by atoms with Crippen LogP contribution >= 0.6 is 0 Å². The molecule has 0 aliphatic heterocycles. The van der Waals surface area contributed by atoms with Crippen molar-refractivity contribution in [2.45, 2.75) is 20.0 Å². The smallest absolute Gasteiger partial charge is 0.251 e. The van der Waals surface area contributed by atoms with Gasteiger partial charge in [0, 0.05) is 5.56 Å². The van der Waals surface area contributed by atoms with Crippen molar-refractivity contribution in [3.05, 3.63) is 84.2 Å².